The zero-order valence-electron chi connectivity index (χ0n) is 14.0. The zero-order chi connectivity index (χ0) is 15.6. The molecule has 22 heavy (non-hydrogen) atoms. The van der Waals surface area contributed by atoms with Crippen molar-refractivity contribution >= 4 is 5.91 Å². The van der Waals surface area contributed by atoms with Gasteiger partial charge in [0, 0.05) is 52.4 Å². The Balaban J connectivity index is 1.56. The van der Waals surface area contributed by atoms with Gasteiger partial charge in [-0.1, -0.05) is 12.8 Å². The average molecular weight is 311 g/mol. The topological polar surface area (TPSA) is 58.8 Å². The molecule has 2 fully saturated rings. The first-order valence-corrected chi connectivity index (χ1v) is 9.07. The molecule has 2 saturated heterocycles. The highest BCUT2D eigenvalue weighted by atomic mass is 16.5. The number of unbranched alkanes of at least 4 members (excludes halogenated alkanes) is 3. The van der Waals surface area contributed by atoms with Crippen molar-refractivity contribution in [1.29, 1.82) is 0 Å². The first-order chi connectivity index (χ1) is 10.8. The number of hydrogen-bond donors (Lipinski definition) is 1. The van der Waals surface area contributed by atoms with Crippen LogP contribution in [0, 0.1) is 5.92 Å². The second-order valence-corrected chi connectivity index (χ2v) is 6.69. The number of rotatable bonds is 8. The van der Waals surface area contributed by atoms with Crippen LogP contribution in [0.3, 0.4) is 0 Å². The lowest BCUT2D eigenvalue weighted by Gasteiger charge is -2.37. The maximum Gasteiger partial charge on any atom is 0.222 e. The Kier molecular flexibility index (Phi) is 8.20. The van der Waals surface area contributed by atoms with Crippen molar-refractivity contribution < 1.29 is 9.53 Å². The second-order valence-electron chi connectivity index (χ2n) is 6.69. The fourth-order valence-electron chi connectivity index (χ4n) is 3.41. The third-order valence-electron chi connectivity index (χ3n) is 4.93. The molecule has 0 unspecified atom stereocenters. The average Bonchev–Trinajstić information content (AvgIpc) is 2.56. The summed E-state index contributed by atoms with van der Waals surface area (Å²) in [6.45, 7) is 7.69. The molecule has 0 radical (unpaired) electrons. The largest absolute Gasteiger partial charge is 0.381 e. The Morgan fingerprint density at radius 1 is 1.00 bits per heavy atom. The highest BCUT2D eigenvalue weighted by Gasteiger charge is 2.23. The van der Waals surface area contributed by atoms with E-state index in [0.29, 0.717) is 12.3 Å². The molecule has 2 aliphatic heterocycles. The molecular weight excluding hydrogens is 278 g/mol. The Bertz CT molecular complexity index is 311. The molecule has 2 rings (SSSR count). The van der Waals surface area contributed by atoms with Gasteiger partial charge in [-0.2, -0.15) is 0 Å². The van der Waals surface area contributed by atoms with Gasteiger partial charge in [0.15, 0.2) is 0 Å². The molecule has 2 N–H and O–H groups in total. The minimum Gasteiger partial charge on any atom is -0.381 e. The van der Waals surface area contributed by atoms with E-state index in [1.807, 2.05) is 0 Å². The van der Waals surface area contributed by atoms with E-state index in [0.717, 1.165) is 77.5 Å². The van der Waals surface area contributed by atoms with Gasteiger partial charge >= 0.3 is 0 Å². The predicted octanol–water partition coefficient (Wildman–Crippen LogP) is 1.47. The highest BCUT2D eigenvalue weighted by Crippen LogP contribution is 2.17. The molecule has 0 spiro atoms. The molecular formula is C17H33N3O2. The van der Waals surface area contributed by atoms with Crippen molar-refractivity contribution in [1.82, 2.24) is 9.80 Å². The summed E-state index contributed by atoms with van der Waals surface area (Å²) in [6.07, 6.45) is 7.49. The maximum atomic E-state index is 12.2. The lowest BCUT2D eigenvalue weighted by atomic mass is 9.99. The van der Waals surface area contributed by atoms with Gasteiger partial charge < -0.3 is 15.4 Å². The third kappa shape index (κ3) is 6.23. The van der Waals surface area contributed by atoms with Crippen molar-refractivity contribution in [3.05, 3.63) is 0 Å². The van der Waals surface area contributed by atoms with Gasteiger partial charge in [-0.15, -0.1) is 0 Å². The van der Waals surface area contributed by atoms with Crippen molar-refractivity contribution in [3.63, 3.8) is 0 Å². The zero-order valence-corrected chi connectivity index (χ0v) is 14.0. The van der Waals surface area contributed by atoms with E-state index in [-0.39, 0.29) is 0 Å². The van der Waals surface area contributed by atoms with Crippen LogP contribution in [0.25, 0.3) is 0 Å². The van der Waals surface area contributed by atoms with Crippen LogP contribution in [0.15, 0.2) is 0 Å². The number of nitrogens with two attached hydrogens (primary N) is 1. The molecule has 0 saturated carbocycles. The van der Waals surface area contributed by atoms with Gasteiger partial charge in [0.05, 0.1) is 0 Å². The van der Waals surface area contributed by atoms with E-state index < -0.39 is 0 Å². The highest BCUT2D eigenvalue weighted by molar-refractivity contribution is 5.76. The molecule has 2 heterocycles. The molecule has 128 valence electrons. The van der Waals surface area contributed by atoms with E-state index >= 15 is 0 Å². The van der Waals surface area contributed by atoms with Gasteiger partial charge in [-0.25, -0.2) is 0 Å². The third-order valence-corrected chi connectivity index (χ3v) is 4.93. The molecule has 5 nitrogen and oxygen atoms in total. The molecule has 0 aromatic carbocycles. The number of ether oxygens (including phenoxy) is 1. The molecule has 0 aromatic heterocycles. The summed E-state index contributed by atoms with van der Waals surface area (Å²) in [5, 5.41) is 0. The van der Waals surface area contributed by atoms with Crippen LogP contribution in [-0.4, -0.2) is 68.2 Å². The van der Waals surface area contributed by atoms with Crippen LogP contribution in [0.5, 0.6) is 0 Å². The van der Waals surface area contributed by atoms with Crippen LogP contribution in [0.1, 0.15) is 44.9 Å². The summed E-state index contributed by atoms with van der Waals surface area (Å²) in [6, 6.07) is 0. The maximum absolute atomic E-state index is 12.2. The van der Waals surface area contributed by atoms with Crippen LogP contribution in [0.4, 0.5) is 0 Å². The van der Waals surface area contributed by atoms with E-state index in [1.165, 1.54) is 19.4 Å². The van der Waals surface area contributed by atoms with Crippen molar-refractivity contribution in [2.24, 2.45) is 11.7 Å². The van der Waals surface area contributed by atoms with Crippen molar-refractivity contribution in [2.75, 3.05) is 52.5 Å². The number of carbonyl (C=O) groups is 1. The van der Waals surface area contributed by atoms with Crippen LogP contribution < -0.4 is 5.73 Å². The molecule has 5 heteroatoms. The number of amides is 1. The van der Waals surface area contributed by atoms with Crippen LogP contribution in [-0.2, 0) is 9.53 Å². The van der Waals surface area contributed by atoms with Gasteiger partial charge in [-0.05, 0) is 38.1 Å². The van der Waals surface area contributed by atoms with Gasteiger partial charge in [0.1, 0.15) is 0 Å². The Hall–Kier alpha value is -0.650. The summed E-state index contributed by atoms with van der Waals surface area (Å²) in [5.41, 5.74) is 5.48. The lowest BCUT2D eigenvalue weighted by molar-refractivity contribution is -0.133. The Morgan fingerprint density at radius 2 is 1.68 bits per heavy atom. The minimum atomic E-state index is 0.346. The van der Waals surface area contributed by atoms with Gasteiger partial charge in [0.2, 0.25) is 5.91 Å². The Labute approximate surface area is 135 Å². The summed E-state index contributed by atoms with van der Waals surface area (Å²) in [4.78, 5) is 16.8. The van der Waals surface area contributed by atoms with E-state index in [9.17, 15) is 4.79 Å². The van der Waals surface area contributed by atoms with E-state index in [4.69, 9.17) is 10.5 Å². The molecule has 0 aromatic rings. The van der Waals surface area contributed by atoms with Crippen molar-refractivity contribution in [2.45, 2.75) is 44.9 Å². The van der Waals surface area contributed by atoms with Crippen LogP contribution >= 0.6 is 0 Å². The molecule has 0 atom stereocenters. The minimum absolute atomic E-state index is 0.346. The monoisotopic (exact) mass is 311 g/mol. The van der Waals surface area contributed by atoms with Crippen molar-refractivity contribution in [3.8, 4) is 0 Å². The van der Waals surface area contributed by atoms with Crippen LogP contribution in [0.2, 0.25) is 0 Å². The fourth-order valence-corrected chi connectivity index (χ4v) is 3.41. The SMILES string of the molecule is NCCCCCCC(=O)N1CCN(CC2CCOCC2)CC1. The number of nitrogens with zero attached hydrogens (tertiary/aromatic N) is 2. The normalized spacial score (nSPS) is 21.2. The standard InChI is InChI=1S/C17H33N3O2/c18-8-4-2-1-3-5-17(21)20-11-9-19(10-12-20)15-16-6-13-22-14-7-16/h16H,1-15,18H2. The smallest absolute Gasteiger partial charge is 0.222 e. The lowest BCUT2D eigenvalue weighted by Crippen LogP contribution is -2.50. The summed E-state index contributed by atoms with van der Waals surface area (Å²) < 4.78 is 5.42. The van der Waals surface area contributed by atoms with Gasteiger partial charge in [-0.3, -0.25) is 9.69 Å². The van der Waals surface area contributed by atoms with E-state index in [1.54, 1.807) is 0 Å². The summed E-state index contributed by atoms with van der Waals surface area (Å²) >= 11 is 0. The first kappa shape index (κ1) is 17.7. The van der Waals surface area contributed by atoms with E-state index in [2.05, 4.69) is 9.80 Å². The summed E-state index contributed by atoms with van der Waals surface area (Å²) in [7, 11) is 0. The molecule has 0 bridgehead atoms. The molecule has 2 aliphatic rings. The first-order valence-electron chi connectivity index (χ1n) is 9.07. The fraction of sp³-hybridized carbons (Fsp3) is 0.941. The number of carbonyl (C=O) groups excluding carboxylic acids is 1. The summed E-state index contributed by atoms with van der Waals surface area (Å²) in [5.74, 6) is 1.14. The number of piperazine rings is 1. The van der Waals surface area contributed by atoms with Gasteiger partial charge in [0.25, 0.3) is 0 Å². The second kappa shape index (κ2) is 10.2. The number of hydrogen-bond acceptors (Lipinski definition) is 4. The predicted molar refractivity (Wildman–Crippen MR) is 88.7 cm³/mol. The Morgan fingerprint density at radius 3 is 2.36 bits per heavy atom. The molecule has 1 amide bonds. The molecule has 0 aliphatic carbocycles. The quantitative estimate of drug-likeness (QED) is 0.690.